The molecular weight excluding hydrogens is 388 g/mol. The fourth-order valence-electron chi connectivity index (χ4n) is 5.08. The normalized spacial score (nSPS) is 21.2. The van der Waals surface area contributed by atoms with Crippen LogP contribution in [0.1, 0.15) is 56.6 Å². The molecule has 0 aliphatic carbocycles. The molecule has 0 atom stereocenters. The van der Waals surface area contributed by atoms with Crippen molar-refractivity contribution in [3.8, 4) is 0 Å². The van der Waals surface area contributed by atoms with Crippen LogP contribution in [0.5, 0.6) is 0 Å². The van der Waals surface area contributed by atoms with Crippen LogP contribution in [0, 0.1) is 5.92 Å². The molecule has 3 fully saturated rings. The van der Waals surface area contributed by atoms with E-state index in [2.05, 4.69) is 47.9 Å². The molecule has 0 radical (unpaired) electrons. The summed E-state index contributed by atoms with van der Waals surface area (Å²) in [7, 11) is 0. The summed E-state index contributed by atoms with van der Waals surface area (Å²) in [6, 6.07) is 9.13. The van der Waals surface area contributed by atoms with E-state index in [4.69, 9.17) is 0 Å². The Morgan fingerprint density at radius 3 is 1.97 bits per heavy atom. The number of benzene rings is 1. The van der Waals surface area contributed by atoms with Gasteiger partial charge in [-0.15, -0.1) is 0 Å². The van der Waals surface area contributed by atoms with E-state index in [0.29, 0.717) is 11.8 Å². The molecule has 0 unspecified atom stereocenters. The van der Waals surface area contributed by atoms with Crippen LogP contribution in [0.4, 0.5) is 4.79 Å². The van der Waals surface area contributed by atoms with Crippen LogP contribution < -0.4 is 0 Å². The van der Waals surface area contributed by atoms with Crippen molar-refractivity contribution in [1.29, 1.82) is 0 Å². The molecule has 0 saturated carbocycles. The van der Waals surface area contributed by atoms with Crippen LogP contribution in [0.15, 0.2) is 24.3 Å². The summed E-state index contributed by atoms with van der Waals surface area (Å²) in [5.41, 5.74) is 2.73. The van der Waals surface area contributed by atoms with E-state index in [9.17, 15) is 9.59 Å². The largest absolute Gasteiger partial charge is 0.340 e. The molecule has 3 aliphatic heterocycles. The maximum Gasteiger partial charge on any atom is 0.319 e. The molecule has 3 saturated heterocycles. The van der Waals surface area contributed by atoms with Gasteiger partial charge < -0.3 is 14.7 Å². The van der Waals surface area contributed by atoms with Crippen LogP contribution in [-0.2, 0) is 11.3 Å². The quantitative estimate of drug-likeness (QED) is 0.742. The average molecular weight is 427 g/mol. The smallest absolute Gasteiger partial charge is 0.319 e. The van der Waals surface area contributed by atoms with E-state index >= 15 is 0 Å². The molecule has 3 heterocycles. The molecule has 4 rings (SSSR count). The number of piperidine rings is 1. The number of hydrogen-bond acceptors (Lipinski definition) is 3. The number of likely N-dealkylation sites (tertiary alicyclic amines) is 2. The van der Waals surface area contributed by atoms with Crippen molar-refractivity contribution in [3.63, 3.8) is 0 Å². The van der Waals surface area contributed by atoms with Crippen molar-refractivity contribution in [2.75, 3.05) is 52.4 Å². The van der Waals surface area contributed by atoms with Gasteiger partial charge in [-0.3, -0.25) is 9.69 Å². The van der Waals surface area contributed by atoms with Gasteiger partial charge in [0, 0.05) is 64.8 Å². The molecule has 0 aromatic heterocycles. The topological polar surface area (TPSA) is 47.1 Å². The molecular formula is C25H38N4O2. The molecule has 6 nitrogen and oxygen atoms in total. The monoisotopic (exact) mass is 426 g/mol. The first-order valence-electron chi connectivity index (χ1n) is 12.1. The molecule has 0 bridgehead atoms. The van der Waals surface area contributed by atoms with Gasteiger partial charge in [0.2, 0.25) is 5.91 Å². The fourth-order valence-corrected chi connectivity index (χ4v) is 5.08. The Morgan fingerprint density at radius 2 is 1.39 bits per heavy atom. The Hall–Kier alpha value is -2.08. The Balaban J connectivity index is 1.20. The van der Waals surface area contributed by atoms with Crippen LogP contribution in [0.25, 0.3) is 0 Å². The maximum atomic E-state index is 13.0. The lowest BCUT2D eigenvalue weighted by atomic mass is 9.95. The Bertz CT molecular complexity index is 741. The number of urea groups is 1. The third-order valence-corrected chi connectivity index (χ3v) is 7.23. The fraction of sp³-hybridized carbons (Fsp3) is 0.680. The molecule has 0 N–H and O–H groups in total. The Kier molecular flexibility index (Phi) is 7.16. The summed E-state index contributed by atoms with van der Waals surface area (Å²) in [4.78, 5) is 34.0. The first kappa shape index (κ1) is 22.1. The van der Waals surface area contributed by atoms with Gasteiger partial charge in [-0.2, -0.15) is 0 Å². The van der Waals surface area contributed by atoms with Crippen molar-refractivity contribution >= 4 is 11.9 Å². The Morgan fingerprint density at radius 1 is 0.806 bits per heavy atom. The zero-order valence-corrected chi connectivity index (χ0v) is 19.3. The minimum atomic E-state index is 0.0813. The lowest BCUT2D eigenvalue weighted by Crippen LogP contribution is -2.52. The van der Waals surface area contributed by atoms with Crippen LogP contribution in [0.3, 0.4) is 0 Å². The SMILES string of the molecule is CC(C)c1ccc(CN2CCN(C(=O)C3CCN(C(=O)N4CCCC4)CC3)CC2)cc1. The predicted octanol–water partition coefficient (Wildman–Crippen LogP) is 3.38. The second kappa shape index (κ2) is 10.0. The van der Waals surface area contributed by atoms with E-state index in [1.54, 1.807) is 0 Å². The summed E-state index contributed by atoms with van der Waals surface area (Å²) in [5, 5.41) is 0. The molecule has 1 aromatic rings. The minimum Gasteiger partial charge on any atom is -0.340 e. The third kappa shape index (κ3) is 5.40. The summed E-state index contributed by atoms with van der Waals surface area (Å²) >= 11 is 0. The number of rotatable bonds is 4. The molecule has 3 amide bonds. The first-order chi connectivity index (χ1) is 15.0. The van der Waals surface area contributed by atoms with Gasteiger partial charge in [-0.05, 0) is 42.7 Å². The van der Waals surface area contributed by atoms with E-state index in [1.165, 1.54) is 11.1 Å². The highest BCUT2D eigenvalue weighted by molar-refractivity contribution is 5.80. The second-order valence-corrected chi connectivity index (χ2v) is 9.74. The summed E-state index contributed by atoms with van der Waals surface area (Å²) in [6.45, 7) is 12.1. The highest BCUT2D eigenvalue weighted by Gasteiger charge is 2.33. The molecule has 1 aromatic carbocycles. The molecule has 31 heavy (non-hydrogen) atoms. The number of nitrogens with zero attached hydrogens (tertiary/aromatic N) is 4. The Labute approximate surface area is 187 Å². The summed E-state index contributed by atoms with van der Waals surface area (Å²) in [6.07, 6.45) is 3.85. The zero-order chi connectivity index (χ0) is 21.8. The van der Waals surface area contributed by atoms with Gasteiger partial charge in [-0.1, -0.05) is 38.1 Å². The lowest BCUT2D eigenvalue weighted by Gasteiger charge is -2.39. The maximum absolute atomic E-state index is 13.0. The second-order valence-electron chi connectivity index (χ2n) is 9.74. The number of carbonyl (C=O) groups excluding carboxylic acids is 2. The van der Waals surface area contributed by atoms with Crippen molar-refractivity contribution < 1.29 is 9.59 Å². The minimum absolute atomic E-state index is 0.0813. The zero-order valence-electron chi connectivity index (χ0n) is 19.3. The average Bonchev–Trinajstić information content (AvgIpc) is 3.34. The molecule has 170 valence electrons. The van der Waals surface area contributed by atoms with Crippen molar-refractivity contribution in [3.05, 3.63) is 35.4 Å². The van der Waals surface area contributed by atoms with Crippen LogP contribution >= 0.6 is 0 Å². The van der Waals surface area contributed by atoms with E-state index in [0.717, 1.165) is 84.6 Å². The van der Waals surface area contributed by atoms with Gasteiger partial charge in [0.05, 0.1) is 0 Å². The van der Waals surface area contributed by atoms with Gasteiger partial charge in [0.15, 0.2) is 0 Å². The molecule has 3 aliphatic rings. The van der Waals surface area contributed by atoms with E-state index in [-0.39, 0.29) is 11.9 Å². The predicted molar refractivity (Wildman–Crippen MR) is 123 cm³/mol. The van der Waals surface area contributed by atoms with Crippen molar-refractivity contribution in [2.24, 2.45) is 5.92 Å². The first-order valence-corrected chi connectivity index (χ1v) is 12.1. The van der Waals surface area contributed by atoms with Crippen molar-refractivity contribution in [1.82, 2.24) is 19.6 Å². The summed E-state index contributed by atoms with van der Waals surface area (Å²) < 4.78 is 0. The third-order valence-electron chi connectivity index (χ3n) is 7.23. The van der Waals surface area contributed by atoms with E-state index < -0.39 is 0 Å². The van der Waals surface area contributed by atoms with Gasteiger partial charge >= 0.3 is 6.03 Å². The van der Waals surface area contributed by atoms with Gasteiger partial charge in [0.25, 0.3) is 0 Å². The highest BCUT2D eigenvalue weighted by atomic mass is 16.2. The van der Waals surface area contributed by atoms with Gasteiger partial charge in [0.1, 0.15) is 0 Å². The number of piperazine rings is 1. The molecule has 6 heteroatoms. The van der Waals surface area contributed by atoms with Crippen molar-refractivity contribution in [2.45, 2.75) is 52.0 Å². The van der Waals surface area contributed by atoms with Gasteiger partial charge in [-0.25, -0.2) is 4.79 Å². The lowest BCUT2D eigenvalue weighted by molar-refractivity contribution is -0.138. The van der Waals surface area contributed by atoms with Crippen LogP contribution in [-0.4, -0.2) is 83.9 Å². The number of carbonyl (C=O) groups is 2. The standard InChI is InChI=1S/C25H38N4O2/c1-20(2)22-7-5-21(6-8-22)19-26-15-17-27(18-16-26)24(30)23-9-13-29(14-10-23)25(31)28-11-3-4-12-28/h5-8,20,23H,3-4,9-19H2,1-2H3. The number of amides is 3. The number of hydrogen-bond donors (Lipinski definition) is 0. The highest BCUT2D eigenvalue weighted by Crippen LogP contribution is 2.23. The van der Waals surface area contributed by atoms with E-state index in [1.807, 2.05) is 9.80 Å². The summed E-state index contributed by atoms with van der Waals surface area (Å²) in [5.74, 6) is 0.945. The van der Waals surface area contributed by atoms with Crippen LogP contribution in [0.2, 0.25) is 0 Å². The molecule has 0 spiro atoms.